The van der Waals surface area contributed by atoms with Crippen LogP contribution in [-0.4, -0.2) is 4.57 Å². The molecule has 0 bridgehead atoms. The third-order valence-electron chi connectivity index (χ3n) is 3.78. The van der Waals surface area contributed by atoms with Gasteiger partial charge < -0.3 is 4.57 Å². The fourth-order valence-electron chi connectivity index (χ4n) is 2.96. The zero-order valence-corrected chi connectivity index (χ0v) is 9.70. The van der Waals surface area contributed by atoms with Gasteiger partial charge in [0, 0.05) is 35.6 Å². The van der Waals surface area contributed by atoms with E-state index in [4.69, 9.17) is 0 Å². The highest BCUT2D eigenvalue weighted by molar-refractivity contribution is 6.00. The van der Waals surface area contributed by atoms with Gasteiger partial charge in [0.05, 0.1) is 0 Å². The Balaban J connectivity index is 2.19. The lowest BCUT2D eigenvalue weighted by atomic mass is 10.0. The van der Waals surface area contributed by atoms with E-state index in [2.05, 4.69) is 54.1 Å². The Morgan fingerprint density at radius 2 is 2.00 bits per heavy atom. The number of rotatable bonds is 0. The monoisotopic (exact) mass is 218 g/mol. The fourth-order valence-corrected chi connectivity index (χ4v) is 2.96. The maximum absolute atomic E-state index is 3.39. The molecule has 1 aromatic heterocycles. The topological polar surface area (TPSA) is 4.93 Å². The van der Waals surface area contributed by atoms with Crippen LogP contribution in [0, 0.1) is 6.07 Å². The molecule has 4 rings (SSSR count). The highest BCUT2D eigenvalue weighted by Crippen LogP contribution is 2.42. The number of aryl methyl sites for hydroxylation is 1. The summed E-state index contributed by atoms with van der Waals surface area (Å²) in [7, 11) is 2.15. The van der Waals surface area contributed by atoms with Gasteiger partial charge in [0.25, 0.3) is 0 Å². The van der Waals surface area contributed by atoms with Crippen molar-refractivity contribution in [1.29, 1.82) is 0 Å². The lowest BCUT2D eigenvalue weighted by molar-refractivity contribution is 0.894. The molecule has 0 atom stereocenters. The predicted octanol–water partition coefficient (Wildman–Crippen LogP) is 3.55. The van der Waals surface area contributed by atoms with Gasteiger partial charge in [-0.1, -0.05) is 36.4 Å². The average molecular weight is 218 g/mol. The molecule has 0 aliphatic heterocycles. The molecule has 1 nitrogen and oxygen atoms in total. The van der Waals surface area contributed by atoms with Gasteiger partial charge in [-0.15, -0.1) is 0 Å². The highest BCUT2D eigenvalue weighted by Gasteiger charge is 2.24. The first-order chi connectivity index (χ1) is 8.36. The molecule has 0 N–H and O–H groups in total. The first kappa shape index (κ1) is 9.06. The number of nitrogens with zero attached hydrogens (tertiary/aromatic N) is 1. The molecule has 1 aliphatic rings. The van der Waals surface area contributed by atoms with Gasteiger partial charge in [-0.3, -0.25) is 0 Å². The number of aromatic nitrogens is 1. The molecule has 0 saturated heterocycles. The Bertz CT molecular complexity index is 734. The number of benzene rings is 2. The molecule has 17 heavy (non-hydrogen) atoms. The molecule has 0 unspecified atom stereocenters. The van der Waals surface area contributed by atoms with Crippen LogP contribution >= 0.6 is 0 Å². The van der Waals surface area contributed by atoms with E-state index < -0.39 is 0 Å². The van der Waals surface area contributed by atoms with Gasteiger partial charge in [0.1, 0.15) is 0 Å². The lowest BCUT2D eigenvalue weighted by Crippen LogP contribution is -1.94. The van der Waals surface area contributed by atoms with Crippen LogP contribution in [0.15, 0.2) is 42.5 Å². The van der Waals surface area contributed by atoms with Crippen molar-refractivity contribution in [3.05, 3.63) is 59.8 Å². The van der Waals surface area contributed by atoms with Crippen molar-refractivity contribution in [2.45, 2.75) is 6.42 Å². The second-order valence-electron chi connectivity index (χ2n) is 4.64. The summed E-state index contributed by atoms with van der Waals surface area (Å²) in [6.07, 6.45) is 1.05. The fraction of sp³-hybridized carbons (Fsp3) is 0.125. The van der Waals surface area contributed by atoms with Gasteiger partial charge in [0.15, 0.2) is 0 Å². The largest absolute Gasteiger partial charge is 0.347 e. The zero-order chi connectivity index (χ0) is 11.4. The third-order valence-corrected chi connectivity index (χ3v) is 3.78. The molecular weight excluding hydrogens is 206 g/mol. The van der Waals surface area contributed by atoms with Crippen LogP contribution < -0.4 is 0 Å². The van der Waals surface area contributed by atoms with Crippen molar-refractivity contribution in [2.75, 3.05) is 0 Å². The predicted molar refractivity (Wildman–Crippen MR) is 70.0 cm³/mol. The van der Waals surface area contributed by atoms with Gasteiger partial charge in [-0.25, -0.2) is 0 Å². The van der Waals surface area contributed by atoms with E-state index in [1.807, 2.05) is 6.07 Å². The summed E-state index contributed by atoms with van der Waals surface area (Å²) in [4.78, 5) is 0. The van der Waals surface area contributed by atoms with Crippen LogP contribution in [-0.2, 0) is 13.5 Å². The third kappa shape index (κ3) is 1.04. The zero-order valence-electron chi connectivity index (χ0n) is 9.70. The molecule has 0 saturated carbocycles. The highest BCUT2D eigenvalue weighted by atomic mass is 15.0. The molecule has 3 aromatic rings. The van der Waals surface area contributed by atoms with Gasteiger partial charge >= 0.3 is 0 Å². The first-order valence-corrected chi connectivity index (χ1v) is 5.92. The van der Waals surface area contributed by atoms with Crippen LogP contribution in [0.1, 0.15) is 11.3 Å². The van der Waals surface area contributed by atoms with E-state index in [0.717, 1.165) is 6.42 Å². The maximum Gasteiger partial charge on any atom is 0.0492 e. The lowest BCUT2D eigenvalue weighted by Gasteiger charge is -2.01. The molecule has 1 heteroatoms. The summed E-state index contributed by atoms with van der Waals surface area (Å²) >= 11 is 0. The van der Waals surface area contributed by atoms with E-state index in [0.29, 0.717) is 0 Å². The molecule has 1 aliphatic carbocycles. The minimum atomic E-state index is 1.05. The average Bonchev–Trinajstić information content (AvgIpc) is 2.88. The van der Waals surface area contributed by atoms with Crippen LogP contribution in [0.25, 0.3) is 22.0 Å². The van der Waals surface area contributed by atoms with Crippen LogP contribution in [0.2, 0.25) is 0 Å². The van der Waals surface area contributed by atoms with Crippen LogP contribution in [0.5, 0.6) is 0 Å². The summed E-state index contributed by atoms with van der Waals surface area (Å²) in [5.74, 6) is 0. The number of fused-ring (bicyclic) bond motifs is 5. The molecule has 0 amide bonds. The number of hydrogen-bond donors (Lipinski definition) is 0. The normalized spacial score (nSPS) is 12.8. The van der Waals surface area contributed by atoms with E-state index >= 15 is 0 Å². The van der Waals surface area contributed by atoms with Crippen molar-refractivity contribution in [2.24, 2.45) is 7.05 Å². The van der Waals surface area contributed by atoms with Crippen molar-refractivity contribution in [1.82, 2.24) is 4.57 Å². The summed E-state index contributed by atoms with van der Waals surface area (Å²) in [6.45, 7) is 0. The SMILES string of the molecule is Cn1c2c(c3[c]cccc31)-c1ccccc1C2. The summed E-state index contributed by atoms with van der Waals surface area (Å²) < 4.78 is 2.31. The minimum absolute atomic E-state index is 1.05. The minimum Gasteiger partial charge on any atom is -0.347 e. The molecule has 1 radical (unpaired) electrons. The van der Waals surface area contributed by atoms with E-state index in [1.54, 1.807) is 0 Å². The molecule has 0 fully saturated rings. The molecular formula is C16H12N. The van der Waals surface area contributed by atoms with Gasteiger partial charge in [0.2, 0.25) is 0 Å². The number of hydrogen-bond acceptors (Lipinski definition) is 0. The molecule has 0 spiro atoms. The van der Waals surface area contributed by atoms with Gasteiger partial charge in [-0.05, 0) is 23.3 Å². The van der Waals surface area contributed by atoms with Gasteiger partial charge in [-0.2, -0.15) is 0 Å². The summed E-state index contributed by atoms with van der Waals surface area (Å²) in [5.41, 5.74) is 6.91. The Labute approximate surface area is 100 Å². The second kappa shape index (κ2) is 3.01. The van der Waals surface area contributed by atoms with E-state index in [-0.39, 0.29) is 0 Å². The molecule has 2 aromatic carbocycles. The Hall–Kier alpha value is -2.02. The van der Waals surface area contributed by atoms with Crippen molar-refractivity contribution >= 4 is 10.9 Å². The van der Waals surface area contributed by atoms with Crippen molar-refractivity contribution < 1.29 is 0 Å². The van der Waals surface area contributed by atoms with Crippen LogP contribution in [0.4, 0.5) is 0 Å². The van der Waals surface area contributed by atoms with Crippen molar-refractivity contribution in [3.63, 3.8) is 0 Å². The molecule has 1 heterocycles. The quantitative estimate of drug-likeness (QED) is 0.425. The summed E-state index contributed by atoms with van der Waals surface area (Å²) in [6, 6.07) is 18.3. The Kier molecular flexibility index (Phi) is 1.60. The first-order valence-electron chi connectivity index (χ1n) is 5.92. The standard InChI is InChI=1S/C16H12N/c1-17-14-9-5-4-8-13(14)16-12-7-3-2-6-11(12)10-15(16)17/h2-7,9H,10H2,1H3. The second-order valence-corrected chi connectivity index (χ2v) is 4.64. The Morgan fingerprint density at radius 1 is 1.12 bits per heavy atom. The van der Waals surface area contributed by atoms with Crippen molar-refractivity contribution in [3.8, 4) is 11.1 Å². The molecule has 81 valence electrons. The van der Waals surface area contributed by atoms with E-state index in [9.17, 15) is 0 Å². The summed E-state index contributed by atoms with van der Waals surface area (Å²) in [5, 5.41) is 1.26. The smallest absolute Gasteiger partial charge is 0.0492 e. The van der Waals surface area contributed by atoms with E-state index in [1.165, 1.54) is 33.3 Å². The van der Waals surface area contributed by atoms with Crippen LogP contribution in [0.3, 0.4) is 0 Å². The Morgan fingerprint density at radius 3 is 2.94 bits per heavy atom. The maximum atomic E-state index is 3.39.